The predicted octanol–water partition coefficient (Wildman–Crippen LogP) is 1.77. The molecule has 20 heavy (non-hydrogen) atoms. The van der Waals surface area contributed by atoms with E-state index in [1.54, 1.807) is 41.9 Å². The first kappa shape index (κ1) is 13.4. The molecule has 6 heteroatoms. The molecule has 0 bridgehead atoms. The molecule has 1 aromatic rings. The van der Waals surface area contributed by atoms with Gasteiger partial charge in [0, 0.05) is 17.6 Å². The number of carboxylic acids is 1. The van der Waals surface area contributed by atoms with Crippen LogP contribution < -0.4 is 0 Å². The normalized spacial score (nSPS) is 25.8. The van der Waals surface area contributed by atoms with E-state index in [2.05, 4.69) is 4.98 Å². The monoisotopic (exact) mass is 292 g/mol. The Balaban J connectivity index is 1.93. The second kappa shape index (κ2) is 5.09. The first-order chi connectivity index (χ1) is 9.59. The van der Waals surface area contributed by atoms with Crippen LogP contribution in [0, 0.1) is 12.8 Å². The summed E-state index contributed by atoms with van der Waals surface area (Å²) in [6, 6.07) is 2.71. The van der Waals surface area contributed by atoms with Crippen molar-refractivity contribution in [1.29, 1.82) is 0 Å². The zero-order valence-electron chi connectivity index (χ0n) is 11.2. The molecule has 2 heterocycles. The Labute approximate surface area is 121 Å². The lowest BCUT2D eigenvalue weighted by atomic mass is 10.1. The van der Waals surface area contributed by atoms with Gasteiger partial charge in [-0.25, -0.2) is 4.79 Å². The Hall–Kier alpha value is -1.56. The van der Waals surface area contributed by atoms with Crippen molar-refractivity contribution in [2.24, 2.45) is 5.92 Å². The summed E-state index contributed by atoms with van der Waals surface area (Å²) in [6.45, 7) is 1.78. The largest absolute Gasteiger partial charge is 0.480 e. The Morgan fingerprint density at radius 2 is 2.20 bits per heavy atom. The number of carbonyl (C=O) groups is 2. The van der Waals surface area contributed by atoms with Crippen LogP contribution in [-0.4, -0.2) is 44.0 Å². The molecule has 0 aromatic carbocycles. The average Bonchev–Trinajstić information content (AvgIpc) is 3.17. The third-order valence-corrected chi connectivity index (χ3v) is 5.28. The van der Waals surface area contributed by atoms with Crippen molar-refractivity contribution in [3.05, 3.63) is 29.6 Å². The topological polar surface area (TPSA) is 70.5 Å². The van der Waals surface area contributed by atoms with Gasteiger partial charge in [-0.3, -0.25) is 9.78 Å². The summed E-state index contributed by atoms with van der Waals surface area (Å²) in [5, 5.41) is 9.35. The fourth-order valence-electron chi connectivity index (χ4n) is 2.57. The summed E-state index contributed by atoms with van der Waals surface area (Å²) in [5.74, 6) is -0.201. The standard InChI is InChI=1S/C14H16N2O3S/c1-8-10(3-2-6-15-8)12(17)16-11(14(18)19)7-20-13(16)9-4-5-9/h2-3,6,9,11,13H,4-5,7H2,1H3,(H,18,19). The minimum absolute atomic E-state index is 0.00297. The molecule has 1 aliphatic carbocycles. The van der Waals surface area contributed by atoms with E-state index < -0.39 is 12.0 Å². The van der Waals surface area contributed by atoms with Crippen LogP contribution in [0.15, 0.2) is 18.3 Å². The zero-order valence-corrected chi connectivity index (χ0v) is 12.0. The van der Waals surface area contributed by atoms with Crippen LogP contribution in [0.4, 0.5) is 0 Å². The number of aliphatic carboxylic acids is 1. The number of thioether (sulfide) groups is 1. The van der Waals surface area contributed by atoms with Crippen molar-refractivity contribution < 1.29 is 14.7 Å². The molecule has 5 nitrogen and oxygen atoms in total. The van der Waals surface area contributed by atoms with Crippen LogP contribution >= 0.6 is 11.8 Å². The highest BCUT2D eigenvalue weighted by atomic mass is 32.2. The van der Waals surface area contributed by atoms with E-state index in [4.69, 9.17) is 0 Å². The molecule has 2 fully saturated rings. The van der Waals surface area contributed by atoms with Gasteiger partial charge in [0.05, 0.1) is 10.9 Å². The number of aryl methyl sites for hydroxylation is 1. The first-order valence-electron chi connectivity index (χ1n) is 6.68. The summed E-state index contributed by atoms with van der Waals surface area (Å²) in [6.07, 6.45) is 3.80. The lowest BCUT2D eigenvalue weighted by Gasteiger charge is -2.27. The van der Waals surface area contributed by atoms with Gasteiger partial charge in [-0.1, -0.05) is 0 Å². The van der Waals surface area contributed by atoms with Crippen LogP contribution in [-0.2, 0) is 4.79 Å². The minimum atomic E-state index is -0.921. The lowest BCUT2D eigenvalue weighted by molar-refractivity contribution is -0.141. The Morgan fingerprint density at radius 3 is 2.80 bits per heavy atom. The molecule has 1 N–H and O–H groups in total. The molecule has 1 saturated carbocycles. The number of pyridine rings is 1. The smallest absolute Gasteiger partial charge is 0.327 e. The fourth-order valence-corrected chi connectivity index (χ4v) is 4.20. The van der Waals surface area contributed by atoms with Crippen molar-refractivity contribution in [3.63, 3.8) is 0 Å². The molecule has 2 atom stereocenters. The van der Waals surface area contributed by atoms with Gasteiger partial charge in [0.25, 0.3) is 5.91 Å². The maximum absolute atomic E-state index is 12.7. The number of carbonyl (C=O) groups excluding carboxylic acids is 1. The molecule has 1 amide bonds. The van der Waals surface area contributed by atoms with Crippen molar-refractivity contribution in [2.75, 3.05) is 5.75 Å². The van der Waals surface area contributed by atoms with Crippen molar-refractivity contribution in [1.82, 2.24) is 9.88 Å². The summed E-state index contributed by atoms with van der Waals surface area (Å²) in [5.41, 5.74) is 1.15. The molecule has 0 radical (unpaired) electrons. The first-order valence-corrected chi connectivity index (χ1v) is 7.73. The molecular weight excluding hydrogens is 276 g/mol. The second-order valence-electron chi connectivity index (χ2n) is 5.26. The van der Waals surface area contributed by atoms with Crippen LogP contribution in [0.25, 0.3) is 0 Å². The number of hydrogen-bond donors (Lipinski definition) is 1. The molecular formula is C14H16N2O3S. The molecule has 1 aliphatic heterocycles. The highest BCUT2D eigenvalue weighted by Crippen LogP contribution is 2.45. The van der Waals surface area contributed by atoms with Crippen LogP contribution in [0.1, 0.15) is 28.9 Å². The molecule has 3 rings (SSSR count). The quantitative estimate of drug-likeness (QED) is 0.919. The van der Waals surface area contributed by atoms with Gasteiger partial charge >= 0.3 is 5.97 Å². The summed E-state index contributed by atoms with van der Waals surface area (Å²) in [7, 11) is 0. The van der Waals surface area contributed by atoms with Gasteiger partial charge in [-0.15, -0.1) is 11.8 Å². The number of nitrogens with zero attached hydrogens (tertiary/aromatic N) is 2. The van der Waals surface area contributed by atoms with Gasteiger partial charge in [0.2, 0.25) is 0 Å². The maximum atomic E-state index is 12.7. The molecule has 1 saturated heterocycles. The predicted molar refractivity (Wildman–Crippen MR) is 75.5 cm³/mol. The fraction of sp³-hybridized carbons (Fsp3) is 0.500. The third kappa shape index (κ3) is 2.28. The number of rotatable bonds is 3. The van der Waals surface area contributed by atoms with Crippen molar-refractivity contribution in [2.45, 2.75) is 31.2 Å². The Kier molecular flexibility index (Phi) is 3.41. The maximum Gasteiger partial charge on any atom is 0.327 e. The van der Waals surface area contributed by atoms with Gasteiger partial charge in [0.15, 0.2) is 0 Å². The molecule has 106 valence electrons. The minimum Gasteiger partial charge on any atom is -0.480 e. The van der Waals surface area contributed by atoms with Gasteiger partial charge in [-0.2, -0.15) is 0 Å². The molecule has 1 aromatic heterocycles. The van der Waals surface area contributed by atoms with Crippen molar-refractivity contribution in [3.8, 4) is 0 Å². The van der Waals surface area contributed by atoms with Crippen LogP contribution in [0.2, 0.25) is 0 Å². The second-order valence-corrected chi connectivity index (χ2v) is 6.41. The number of aromatic nitrogens is 1. The van der Waals surface area contributed by atoms with E-state index in [1.807, 2.05) is 0 Å². The molecule has 2 unspecified atom stereocenters. The number of hydrogen-bond acceptors (Lipinski definition) is 4. The SMILES string of the molecule is Cc1ncccc1C(=O)N1C(C(=O)O)CSC1C1CC1. The average molecular weight is 292 g/mol. The number of amides is 1. The van der Waals surface area contributed by atoms with Gasteiger partial charge in [0.1, 0.15) is 6.04 Å². The van der Waals surface area contributed by atoms with Gasteiger partial charge < -0.3 is 10.0 Å². The summed E-state index contributed by atoms with van der Waals surface area (Å²) < 4.78 is 0. The molecule has 0 spiro atoms. The van der Waals surface area contributed by atoms with E-state index in [1.165, 1.54) is 0 Å². The van der Waals surface area contributed by atoms with Gasteiger partial charge in [-0.05, 0) is 37.8 Å². The lowest BCUT2D eigenvalue weighted by Crippen LogP contribution is -2.46. The van der Waals surface area contributed by atoms with E-state index >= 15 is 0 Å². The van der Waals surface area contributed by atoms with Crippen LogP contribution in [0.5, 0.6) is 0 Å². The van der Waals surface area contributed by atoms with E-state index in [0.717, 1.165) is 12.8 Å². The van der Waals surface area contributed by atoms with E-state index in [-0.39, 0.29) is 11.3 Å². The highest BCUT2D eigenvalue weighted by molar-refractivity contribution is 8.00. The highest BCUT2D eigenvalue weighted by Gasteiger charge is 2.48. The summed E-state index contributed by atoms with van der Waals surface area (Å²) in [4.78, 5) is 29.8. The Bertz CT molecular complexity index is 559. The van der Waals surface area contributed by atoms with E-state index in [0.29, 0.717) is 22.9 Å². The summed E-state index contributed by atoms with van der Waals surface area (Å²) >= 11 is 1.59. The molecule has 2 aliphatic rings. The van der Waals surface area contributed by atoms with E-state index in [9.17, 15) is 14.7 Å². The number of carboxylic acid groups (broad SMARTS) is 1. The Morgan fingerprint density at radius 1 is 1.45 bits per heavy atom. The van der Waals surface area contributed by atoms with Crippen LogP contribution in [0.3, 0.4) is 0 Å². The zero-order chi connectivity index (χ0) is 14.3. The van der Waals surface area contributed by atoms with Crippen molar-refractivity contribution >= 4 is 23.6 Å². The third-order valence-electron chi connectivity index (χ3n) is 3.82.